The summed E-state index contributed by atoms with van der Waals surface area (Å²) in [5, 5.41) is 7.26. The summed E-state index contributed by atoms with van der Waals surface area (Å²) in [6, 6.07) is 26.9. The Hall–Kier alpha value is -4.19. The van der Waals surface area contributed by atoms with Gasteiger partial charge in [-0.3, -0.25) is 14.7 Å². The van der Waals surface area contributed by atoms with Gasteiger partial charge in [-0.05, 0) is 30.0 Å². The van der Waals surface area contributed by atoms with Gasteiger partial charge in [0.2, 0.25) is 0 Å². The third-order valence-corrected chi connectivity index (χ3v) is 6.50. The lowest BCUT2D eigenvalue weighted by atomic mass is 9.97. The average molecular weight is 467 g/mol. The first-order valence-electron chi connectivity index (χ1n) is 11.6. The number of rotatable bonds is 8. The van der Waals surface area contributed by atoms with E-state index in [0.717, 1.165) is 33.5 Å². The number of aromatic nitrogens is 2. The monoisotopic (exact) mass is 466 g/mol. The Morgan fingerprint density at radius 2 is 1.40 bits per heavy atom. The van der Waals surface area contributed by atoms with E-state index in [9.17, 15) is 9.59 Å². The van der Waals surface area contributed by atoms with Crippen molar-refractivity contribution in [3.63, 3.8) is 0 Å². The fourth-order valence-corrected chi connectivity index (χ4v) is 4.39. The number of hydrogen-bond acceptors (Lipinski definition) is 5. The number of hydrogen-bond donors (Lipinski definition) is 1. The Morgan fingerprint density at radius 1 is 0.857 bits per heavy atom. The standard InChI is InChI=1S/C29H26N2O4/c1-20-12-14-23(15-13-20)26-24(17-30-31-26)25-16-29(25,27(32)34-18-21-8-4-2-5-9-21)28(33)35-19-22-10-6-3-7-11-22/h2-15,17,25H,16,18-19H2,1H3,(H,30,31). The molecule has 1 saturated carbocycles. The molecule has 1 N–H and O–H groups in total. The summed E-state index contributed by atoms with van der Waals surface area (Å²) in [5.41, 5.74) is 4.01. The highest BCUT2D eigenvalue weighted by Crippen LogP contribution is 2.62. The topological polar surface area (TPSA) is 81.3 Å². The second-order valence-corrected chi connectivity index (χ2v) is 8.92. The molecule has 0 amide bonds. The van der Waals surface area contributed by atoms with Crippen LogP contribution in [0.2, 0.25) is 0 Å². The molecule has 6 nitrogen and oxygen atoms in total. The summed E-state index contributed by atoms with van der Waals surface area (Å²) >= 11 is 0. The zero-order chi connectivity index (χ0) is 24.3. The zero-order valence-corrected chi connectivity index (χ0v) is 19.4. The molecule has 176 valence electrons. The quantitative estimate of drug-likeness (QED) is 0.280. The number of aryl methyl sites for hydroxylation is 1. The third kappa shape index (κ3) is 4.60. The van der Waals surface area contributed by atoms with Crippen LogP contribution in [0.5, 0.6) is 0 Å². The largest absolute Gasteiger partial charge is 0.460 e. The van der Waals surface area contributed by atoms with Gasteiger partial charge >= 0.3 is 11.9 Å². The fraction of sp³-hybridized carbons (Fsp3) is 0.207. The van der Waals surface area contributed by atoms with Crippen LogP contribution < -0.4 is 0 Å². The van der Waals surface area contributed by atoms with Crippen LogP contribution in [0.4, 0.5) is 0 Å². The summed E-state index contributed by atoms with van der Waals surface area (Å²) in [6.07, 6.45) is 2.00. The van der Waals surface area contributed by atoms with Crippen LogP contribution in [-0.4, -0.2) is 22.1 Å². The average Bonchev–Trinajstić information content (AvgIpc) is 3.47. The summed E-state index contributed by atoms with van der Waals surface area (Å²) in [5.74, 6) is -1.52. The van der Waals surface area contributed by atoms with Crippen LogP contribution in [0.15, 0.2) is 91.1 Å². The molecule has 1 heterocycles. The number of nitrogens with zero attached hydrogens (tertiary/aromatic N) is 1. The predicted octanol–water partition coefficient (Wildman–Crippen LogP) is 5.35. The van der Waals surface area contributed by atoms with Crippen LogP contribution >= 0.6 is 0 Å². The Labute approximate surface area is 203 Å². The normalized spacial score (nSPS) is 15.9. The molecule has 0 saturated heterocycles. The molecule has 1 fully saturated rings. The number of carbonyl (C=O) groups is 2. The van der Waals surface area contributed by atoms with Gasteiger partial charge in [0.15, 0.2) is 5.41 Å². The van der Waals surface area contributed by atoms with Crippen molar-refractivity contribution in [2.24, 2.45) is 5.41 Å². The Kier molecular flexibility index (Phi) is 6.19. The second kappa shape index (κ2) is 9.58. The van der Waals surface area contributed by atoms with Gasteiger partial charge in [0.25, 0.3) is 0 Å². The van der Waals surface area contributed by atoms with Gasteiger partial charge in [0.05, 0.1) is 11.9 Å². The van der Waals surface area contributed by atoms with Crippen LogP contribution in [0, 0.1) is 12.3 Å². The lowest BCUT2D eigenvalue weighted by molar-refractivity contribution is -0.166. The van der Waals surface area contributed by atoms with Gasteiger partial charge < -0.3 is 9.47 Å². The fourth-order valence-electron chi connectivity index (χ4n) is 4.39. The molecule has 1 unspecified atom stereocenters. The Bertz CT molecular complexity index is 1260. The SMILES string of the molecule is Cc1ccc(-c2[nH]ncc2C2CC2(C(=O)OCc2ccccc2)C(=O)OCc2ccccc2)cc1. The molecule has 4 aromatic rings. The lowest BCUT2D eigenvalue weighted by Crippen LogP contribution is -2.31. The highest BCUT2D eigenvalue weighted by atomic mass is 16.6. The highest BCUT2D eigenvalue weighted by molar-refractivity contribution is 6.05. The van der Waals surface area contributed by atoms with Crippen molar-refractivity contribution in [3.8, 4) is 11.3 Å². The van der Waals surface area contributed by atoms with Gasteiger partial charge in [-0.15, -0.1) is 0 Å². The van der Waals surface area contributed by atoms with Crippen molar-refractivity contribution >= 4 is 11.9 Å². The number of nitrogens with one attached hydrogen (secondary N) is 1. The van der Waals surface area contributed by atoms with Gasteiger partial charge in [-0.25, -0.2) is 0 Å². The summed E-state index contributed by atoms with van der Waals surface area (Å²) in [7, 11) is 0. The van der Waals surface area contributed by atoms with Crippen LogP contribution in [0.1, 0.15) is 34.6 Å². The van der Waals surface area contributed by atoms with E-state index >= 15 is 0 Å². The minimum absolute atomic E-state index is 0.0936. The van der Waals surface area contributed by atoms with Gasteiger partial charge in [-0.2, -0.15) is 5.10 Å². The maximum atomic E-state index is 13.4. The predicted molar refractivity (Wildman–Crippen MR) is 131 cm³/mol. The molecule has 35 heavy (non-hydrogen) atoms. The number of ether oxygens (including phenoxy) is 2. The van der Waals surface area contributed by atoms with E-state index in [2.05, 4.69) is 10.2 Å². The van der Waals surface area contributed by atoms with Crippen molar-refractivity contribution in [1.29, 1.82) is 0 Å². The molecule has 0 bridgehead atoms. The van der Waals surface area contributed by atoms with Crippen molar-refractivity contribution in [2.75, 3.05) is 0 Å². The number of H-pyrrole nitrogens is 1. The maximum Gasteiger partial charge on any atom is 0.324 e. The van der Waals surface area contributed by atoms with E-state index < -0.39 is 17.4 Å². The van der Waals surface area contributed by atoms with E-state index in [4.69, 9.17) is 9.47 Å². The molecule has 0 aliphatic heterocycles. The molecular weight excluding hydrogens is 440 g/mol. The van der Waals surface area contributed by atoms with Crippen LogP contribution in [0.25, 0.3) is 11.3 Å². The molecule has 1 aliphatic carbocycles. The molecule has 1 aromatic heterocycles. The van der Waals surface area contributed by atoms with Crippen LogP contribution in [0.3, 0.4) is 0 Å². The summed E-state index contributed by atoms with van der Waals surface area (Å²) in [4.78, 5) is 26.8. The molecule has 5 rings (SSSR count). The molecule has 3 aromatic carbocycles. The summed E-state index contributed by atoms with van der Waals surface area (Å²) < 4.78 is 11.3. The minimum Gasteiger partial charge on any atom is -0.460 e. The Morgan fingerprint density at radius 3 is 1.94 bits per heavy atom. The van der Waals surface area contributed by atoms with Crippen molar-refractivity contribution in [2.45, 2.75) is 32.5 Å². The van der Waals surface area contributed by atoms with E-state index in [1.54, 1.807) is 6.20 Å². The number of aromatic amines is 1. The summed E-state index contributed by atoms with van der Waals surface area (Å²) in [6.45, 7) is 2.21. The zero-order valence-electron chi connectivity index (χ0n) is 19.4. The first-order valence-corrected chi connectivity index (χ1v) is 11.6. The van der Waals surface area contributed by atoms with E-state index in [-0.39, 0.29) is 19.1 Å². The maximum absolute atomic E-state index is 13.4. The smallest absolute Gasteiger partial charge is 0.324 e. The van der Waals surface area contributed by atoms with E-state index in [1.807, 2.05) is 91.9 Å². The lowest BCUT2D eigenvalue weighted by Gasteiger charge is -2.16. The molecular formula is C29H26N2O4. The van der Waals surface area contributed by atoms with Gasteiger partial charge in [-0.1, -0.05) is 90.5 Å². The Balaban J connectivity index is 1.40. The molecule has 1 atom stereocenters. The molecule has 6 heteroatoms. The second-order valence-electron chi connectivity index (χ2n) is 8.92. The van der Waals surface area contributed by atoms with Gasteiger partial charge in [0.1, 0.15) is 13.2 Å². The third-order valence-electron chi connectivity index (χ3n) is 6.50. The van der Waals surface area contributed by atoms with Crippen molar-refractivity contribution in [3.05, 3.63) is 113 Å². The van der Waals surface area contributed by atoms with Gasteiger partial charge in [0, 0.05) is 11.5 Å². The number of carbonyl (C=O) groups excluding carboxylic acids is 2. The number of benzene rings is 3. The van der Waals surface area contributed by atoms with E-state index in [1.165, 1.54) is 0 Å². The first kappa shape index (κ1) is 22.6. The molecule has 0 spiro atoms. The molecule has 0 radical (unpaired) electrons. The number of esters is 2. The highest BCUT2D eigenvalue weighted by Gasteiger charge is 2.69. The van der Waals surface area contributed by atoms with Crippen molar-refractivity contribution < 1.29 is 19.1 Å². The van der Waals surface area contributed by atoms with E-state index in [0.29, 0.717) is 6.42 Å². The van der Waals surface area contributed by atoms with Crippen molar-refractivity contribution in [1.82, 2.24) is 10.2 Å². The first-order chi connectivity index (χ1) is 17.1. The minimum atomic E-state index is -1.40. The van der Waals surface area contributed by atoms with Crippen LogP contribution in [-0.2, 0) is 32.3 Å². The molecule has 1 aliphatic rings.